The molecule has 9 heavy (non-hydrogen) atoms. The fraction of sp³-hybridized carbons (Fsp3) is 0.750. The molecule has 0 aliphatic rings. The Morgan fingerprint density at radius 1 is 1.22 bits per heavy atom. The first-order valence-electron chi connectivity index (χ1n) is 3.10. The van der Waals surface area contributed by atoms with Crippen molar-refractivity contribution in [2.45, 2.75) is 33.3 Å². The van der Waals surface area contributed by atoms with E-state index in [4.69, 9.17) is 6.58 Å². The van der Waals surface area contributed by atoms with Gasteiger partial charge in [-0.05, 0) is 12.3 Å². The number of hydrogen-bond acceptors (Lipinski definition) is 1. The predicted molar refractivity (Wildman–Crippen MR) is 38.9 cm³/mol. The molecule has 1 nitrogen and oxygen atoms in total. The zero-order valence-electron chi connectivity index (χ0n) is 6.60. The highest BCUT2D eigenvalue weighted by Crippen LogP contribution is 2.29. The van der Waals surface area contributed by atoms with Crippen LogP contribution in [0.4, 0.5) is 0 Å². The van der Waals surface area contributed by atoms with E-state index in [9.17, 15) is 5.11 Å². The average molecular weight is 127 g/mol. The van der Waals surface area contributed by atoms with E-state index in [-0.39, 0.29) is 5.41 Å². The van der Waals surface area contributed by atoms with Crippen molar-refractivity contribution in [1.82, 2.24) is 0 Å². The molecule has 1 radical (unpaired) electrons. The van der Waals surface area contributed by atoms with Gasteiger partial charge in [-0.1, -0.05) is 33.4 Å². The average Bonchev–Trinajstić information content (AvgIpc) is 1.64. The van der Waals surface area contributed by atoms with Crippen molar-refractivity contribution in [3.8, 4) is 0 Å². The topological polar surface area (TPSA) is 20.2 Å². The lowest BCUT2D eigenvalue weighted by Crippen LogP contribution is -2.37. The van der Waals surface area contributed by atoms with E-state index in [0.717, 1.165) is 0 Å². The molecule has 0 heterocycles. The molecule has 1 atom stereocenters. The van der Waals surface area contributed by atoms with Gasteiger partial charge in [-0.2, -0.15) is 0 Å². The van der Waals surface area contributed by atoms with Crippen LogP contribution in [0.1, 0.15) is 27.7 Å². The Labute approximate surface area is 57.4 Å². The van der Waals surface area contributed by atoms with Crippen LogP contribution < -0.4 is 0 Å². The zero-order chi connectivity index (χ0) is 7.71. The van der Waals surface area contributed by atoms with Gasteiger partial charge in [-0.25, -0.2) is 0 Å². The van der Waals surface area contributed by atoms with E-state index < -0.39 is 5.60 Å². The molecule has 0 rings (SSSR count). The molecule has 0 spiro atoms. The molecule has 0 fully saturated rings. The summed E-state index contributed by atoms with van der Waals surface area (Å²) in [7, 11) is 0. The van der Waals surface area contributed by atoms with E-state index >= 15 is 0 Å². The molecule has 1 unspecified atom stereocenters. The molecule has 53 valence electrons. The van der Waals surface area contributed by atoms with Crippen LogP contribution in [0, 0.1) is 12.0 Å². The van der Waals surface area contributed by atoms with Crippen molar-refractivity contribution in [3.05, 3.63) is 12.7 Å². The summed E-state index contributed by atoms with van der Waals surface area (Å²) in [6, 6.07) is 0. The van der Waals surface area contributed by atoms with E-state index in [1.54, 1.807) is 6.92 Å². The first kappa shape index (κ1) is 8.70. The lowest BCUT2D eigenvalue weighted by Gasteiger charge is -2.33. The summed E-state index contributed by atoms with van der Waals surface area (Å²) in [5.41, 5.74) is -1.05. The summed E-state index contributed by atoms with van der Waals surface area (Å²) in [5, 5.41) is 9.48. The highest BCUT2D eigenvalue weighted by atomic mass is 16.3. The maximum absolute atomic E-state index is 9.48. The molecule has 0 bridgehead atoms. The fourth-order valence-corrected chi connectivity index (χ4v) is 0.250. The zero-order valence-corrected chi connectivity index (χ0v) is 6.60. The van der Waals surface area contributed by atoms with Crippen molar-refractivity contribution in [3.63, 3.8) is 0 Å². The minimum absolute atomic E-state index is 0.179. The lowest BCUT2D eigenvalue weighted by atomic mass is 9.78. The molecule has 0 aromatic rings. The maximum atomic E-state index is 9.48. The second-order valence-corrected chi connectivity index (χ2v) is 3.56. The monoisotopic (exact) mass is 127 g/mol. The number of aliphatic hydroxyl groups is 1. The Bertz CT molecular complexity index is 106. The second-order valence-electron chi connectivity index (χ2n) is 3.56. The quantitative estimate of drug-likeness (QED) is 0.569. The van der Waals surface area contributed by atoms with Gasteiger partial charge in [0.15, 0.2) is 0 Å². The molecule has 1 heteroatoms. The summed E-state index contributed by atoms with van der Waals surface area (Å²) in [6.07, 6.45) is 1.33. The van der Waals surface area contributed by atoms with Crippen LogP contribution in [0.5, 0.6) is 0 Å². The summed E-state index contributed by atoms with van der Waals surface area (Å²) in [6.45, 7) is 12.7. The SMILES string of the molecule is [CH]=CC(C)(O)C(C)(C)C. The molecular weight excluding hydrogens is 112 g/mol. The molecule has 0 aromatic carbocycles. The molecule has 0 amide bonds. The first-order chi connectivity index (χ1) is 3.81. The van der Waals surface area contributed by atoms with E-state index in [1.807, 2.05) is 20.8 Å². The van der Waals surface area contributed by atoms with Crippen LogP contribution in [0.2, 0.25) is 0 Å². The molecule has 0 saturated carbocycles. The van der Waals surface area contributed by atoms with Gasteiger partial charge in [0.1, 0.15) is 0 Å². The largest absolute Gasteiger partial charge is 0.386 e. The third-order valence-electron chi connectivity index (χ3n) is 1.84. The van der Waals surface area contributed by atoms with Crippen molar-refractivity contribution < 1.29 is 5.11 Å². The molecule has 0 aliphatic carbocycles. The Morgan fingerprint density at radius 2 is 1.56 bits per heavy atom. The Balaban J connectivity index is 4.32. The van der Waals surface area contributed by atoms with Gasteiger partial charge in [-0.15, -0.1) is 0 Å². The van der Waals surface area contributed by atoms with E-state index in [0.29, 0.717) is 0 Å². The van der Waals surface area contributed by atoms with Gasteiger partial charge in [-0.3, -0.25) is 0 Å². The molecule has 0 aromatic heterocycles. The van der Waals surface area contributed by atoms with Crippen LogP contribution in [-0.4, -0.2) is 10.7 Å². The first-order valence-corrected chi connectivity index (χ1v) is 3.10. The van der Waals surface area contributed by atoms with Crippen molar-refractivity contribution in [2.75, 3.05) is 0 Å². The summed E-state index contributed by atoms with van der Waals surface area (Å²) < 4.78 is 0. The molecular formula is C8H15O. The smallest absolute Gasteiger partial charge is 0.0850 e. The fourth-order valence-electron chi connectivity index (χ4n) is 0.250. The van der Waals surface area contributed by atoms with Gasteiger partial charge in [0, 0.05) is 0 Å². The second kappa shape index (κ2) is 2.14. The molecule has 0 saturated heterocycles. The Morgan fingerprint density at radius 3 is 1.56 bits per heavy atom. The van der Waals surface area contributed by atoms with E-state index in [1.165, 1.54) is 6.08 Å². The summed E-state index contributed by atoms with van der Waals surface area (Å²) in [4.78, 5) is 0. The predicted octanol–water partition coefficient (Wildman–Crippen LogP) is 1.77. The van der Waals surface area contributed by atoms with Crippen molar-refractivity contribution in [2.24, 2.45) is 5.41 Å². The maximum Gasteiger partial charge on any atom is 0.0850 e. The summed E-state index contributed by atoms with van der Waals surface area (Å²) in [5.74, 6) is 0. The standard InChI is InChI=1S/C8H15O/c1-6-8(5,9)7(2,3)4/h1,6,9H,2-5H3. The van der Waals surface area contributed by atoms with Gasteiger partial charge >= 0.3 is 0 Å². The van der Waals surface area contributed by atoms with Gasteiger partial charge in [0.05, 0.1) is 5.60 Å². The Kier molecular flexibility index (Phi) is 2.07. The van der Waals surface area contributed by atoms with E-state index in [2.05, 4.69) is 0 Å². The molecule has 0 aliphatic heterocycles. The molecule has 1 N–H and O–H groups in total. The number of hydrogen-bond donors (Lipinski definition) is 1. The van der Waals surface area contributed by atoms with Gasteiger partial charge in [0.2, 0.25) is 0 Å². The van der Waals surface area contributed by atoms with Crippen LogP contribution in [0.15, 0.2) is 6.08 Å². The van der Waals surface area contributed by atoms with Crippen LogP contribution in [0.25, 0.3) is 0 Å². The van der Waals surface area contributed by atoms with Crippen LogP contribution in [-0.2, 0) is 0 Å². The summed E-state index contributed by atoms with van der Waals surface area (Å²) >= 11 is 0. The van der Waals surface area contributed by atoms with Crippen molar-refractivity contribution >= 4 is 0 Å². The normalized spacial score (nSPS) is 18.8. The number of rotatable bonds is 1. The van der Waals surface area contributed by atoms with Crippen LogP contribution in [0.3, 0.4) is 0 Å². The minimum atomic E-state index is -0.868. The lowest BCUT2D eigenvalue weighted by molar-refractivity contribution is 0.00367. The van der Waals surface area contributed by atoms with Crippen LogP contribution >= 0.6 is 0 Å². The Hall–Kier alpha value is -0.300. The van der Waals surface area contributed by atoms with Crippen molar-refractivity contribution in [1.29, 1.82) is 0 Å². The minimum Gasteiger partial charge on any atom is -0.386 e. The van der Waals surface area contributed by atoms with Gasteiger partial charge in [0.25, 0.3) is 0 Å². The third kappa shape index (κ3) is 1.83. The highest BCUT2D eigenvalue weighted by molar-refractivity contribution is 4.98. The highest BCUT2D eigenvalue weighted by Gasteiger charge is 2.31. The van der Waals surface area contributed by atoms with Gasteiger partial charge < -0.3 is 5.11 Å². The third-order valence-corrected chi connectivity index (χ3v) is 1.84.